The number of likely N-dealkylation sites (N-methyl/N-ethyl adjacent to an activating group) is 1. The first-order chi connectivity index (χ1) is 12.5. The van der Waals surface area contributed by atoms with Crippen molar-refractivity contribution in [1.82, 2.24) is 15.5 Å². The van der Waals surface area contributed by atoms with Gasteiger partial charge >= 0.3 is 0 Å². The summed E-state index contributed by atoms with van der Waals surface area (Å²) in [7, 11) is 3.36. The summed E-state index contributed by atoms with van der Waals surface area (Å²) in [5.74, 6) is 2.50. The number of hydrogen-bond donors (Lipinski definition) is 2. The Labute approximate surface area is 183 Å². The standard InChI is InChI=1S/C19H34N4O2S.HI/c1-5-20-19(21-14-17(23(3)4)18-11-8-12-25-18)22-15-9-7-10-16(13-15)26(24)6-2;/h8,11-12,15-17H,5-7,9-10,13-14H2,1-4H3,(H2,20,21,22);1H. The van der Waals surface area contributed by atoms with Gasteiger partial charge in [-0.05, 0) is 52.4 Å². The van der Waals surface area contributed by atoms with Gasteiger partial charge < -0.3 is 15.1 Å². The van der Waals surface area contributed by atoms with Gasteiger partial charge in [0.15, 0.2) is 5.96 Å². The van der Waals surface area contributed by atoms with Gasteiger partial charge in [0.2, 0.25) is 0 Å². The number of hydrogen-bond acceptors (Lipinski definition) is 4. The van der Waals surface area contributed by atoms with E-state index in [1.807, 2.05) is 33.2 Å². The number of halogens is 1. The Kier molecular flexibility index (Phi) is 11.6. The van der Waals surface area contributed by atoms with E-state index in [0.29, 0.717) is 17.8 Å². The van der Waals surface area contributed by atoms with Crippen molar-refractivity contribution in [3.05, 3.63) is 24.2 Å². The quantitative estimate of drug-likeness (QED) is 0.320. The number of guanidine groups is 1. The predicted octanol–water partition coefficient (Wildman–Crippen LogP) is 3.14. The Morgan fingerprint density at radius 1 is 1.41 bits per heavy atom. The Balaban J connectivity index is 0.00000364. The van der Waals surface area contributed by atoms with Crippen molar-refractivity contribution in [2.24, 2.45) is 4.99 Å². The minimum atomic E-state index is -0.710. The van der Waals surface area contributed by atoms with Gasteiger partial charge in [0, 0.05) is 34.4 Å². The van der Waals surface area contributed by atoms with Gasteiger partial charge in [0.05, 0.1) is 18.8 Å². The Morgan fingerprint density at radius 3 is 2.78 bits per heavy atom. The molecule has 0 radical (unpaired) electrons. The van der Waals surface area contributed by atoms with Crippen LogP contribution in [0.25, 0.3) is 0 Å². The summed E-state index contributed by atoms with van der Waals surface area (Å²) in [6, 6.07) is 4.34. The van der Waals surface area contributed by atoms with Gasteiger partial charge in [-0.25, -0.2) is 0 Å². The SMILES string of the molecule is CCNC(=NCC(c1ccco1)N(C)C)NC1CCCC(S(=O)CC)C1.I. The first-order valence-corrected chi connectivity index (χ1v) is 11.0. The van der Waals surface area contributed by atoms with Gasteiger partial charge in [-0.2, -0.15) is 0 Å². The summed E-state index contributed by atoms with van der Waals surface area (Å²) in [5, 5.41) is 7.21. The second-order valence-corrected chi connectivity index (χ2v) is 9.02. The van der Waals surface area contributed by atoms with Crippen LogP contribution in [0.5, 0.6) is 0 Å². The Bertz CT molecular complexity index is 580. The van der Waals surface area contributed by atoms with Crippen molar-refractivity contribution in [3.63, 3.8) is 0 Å². The van der Waals surface area contributed by atoms with Crippen molar-refractivity contribution >= 4 is 40.7 Å². The molecule has 0 spiro atoms. The zero-order valence-corrected chi connectivity index (χ0v) is 20.1. The fourth-order valence-electron chi connectivity index (χ4n) is 3.43. The van der Waals surface area contributed by atoms with Crippen LogP contribution in [0.4, 0.5) is 0 Å². The fourth-order valence-corrected chi connectivity index (χ4v) is 4.78. The predicted molar refractivity (Wildman–Crippen MR) is 124 cm³/mol. The maximum absolute atomic E-state index is 12.2. The monoisotopic (exact) mass is 510 g/mol. The molecule has 1 fully saturated rings. The van der Waals surface area contributed by atoms with Gasteiger partial charge in [-0.1, -0.05) is 13.3 Å². The van der Waals surface area contributed by atoms with E-state index < -0.39 is 10.8 Å². The zero-order chi connectivity index (χ0) is 18.9. The molecule has 6 nitrogen and oxygen atoms in total. The minimum Gasteiger partial charge on any atom is -0.468 e. The Hall–Kier alpha value is -0.610. The van der Waals surface area contributed by atoms with E-state index >= 15 is 0 Å². The average molecular weight is 510 g/mol. The molecule has 0 aliphatic heterocycles. The number of rotatable bonds is 8. The normalized spacial score (nSPS) is 22.8. The molecule has 0 aromatic carbocycles. The molecule has 1 heterocycles. The van der Waals surface area contributed by atoms with Crippen molar-refractivity contribution in [2.75, 3.05) is 32.9 Å². The largest absolute Gasteiger partial charge is 0.468 e. The number of furan rings is 1. The first-order valence-electron chi connectivity index (χ1n) is 9.67. The molecular weight excluding hydrogens is 475 g/mol. The van der Waals surface area contributed by atoms with Gasteiger partial charge in [-0.3, -0.25) is 14.1 Å². The third kappa shape index (κ3) is 7.73. The molecule has 2 N–H and O–H groups in total. The Morgan fingerprint density at radius 2 is 2.19 bits per heavy atom. The van der Waals surface area contributed by atoms with Crippen LogP contribution < -0.4 is 10.6 Å². The highest BCUT2D eigenvalue weighted by Crippen LogP contribution is 2.23. The summed E-state index contributed by atoms with van der Waals surface area (Å²) < 4.78 is 17.7. The van der Waals surface area contributed by atoms with E-state index in [-0.39, 0.29) is 30.0 Å². The third-order valence-corrected chi connectivity index (χ3v) is 6.63. The zero-order valence-electron chi connectivity index (χ0n) is 16.9. The topological polar surface area (TPSA) is 69.9 Å². The third-order valence-electron chi connectivity index (χ3n) is 4.88. The molecule has 1 aliphatic carbocycles. The lowest BCUT2D eigenvalue weighted by Crippen LogP contribution is -2.47. The van der Waals surface area contributed by atoms with E-state index in [2.05, 4.69) is 22.5 Å². The molecule has 2 rings (SSSR count). The summed E-state index contributed by atoms with van der Waals surface area (Å²) in [4.78, 5) is 6.91. The van der Waals surface area contributed by atoms with E-state index in [4.69, 9.17) is 9.41 Å². The van der Waals surface area contributed by atoms with E-state index in [1.165, 1.54) is 0 Å². The van der Waals surface area contributed by atoms with Crippen molar-refractivity contribution in [2.45, 2.75) is 56.9 Å². The van der Waals surface area contributed by atoms with Crippen LogP contribution in [-0.2, 0) is 10.8 Å². The lowest BCUT2D eigenvalue weighted by Gasteiger charge is -2.30. The van der Waals surface area contributed by atoms with Crippen molar-refractivity contribution in [3.8, 4) is 0 Å². The number of nitrogens with one attached hydrogen (secondary N) is 2. The molecule has 0 saturated heterocycles. The maximum atomic E-state index is 12.2. The summed E-state index contributed by atoms with van der Waals surface area (Å²) in [5.41, 5.74) is 0. The van der Waals surface area contributed by atoms with Crippen LogP contribution in [0.15, 0.2) is 27.8 Å². The molecular formula is C19H35IN4O2S. The van der Waals surface area contributed by atoms with E-state index in [0.717, 1.165) is 49.7 Å². The summed E-state index contributed by atoms with van der Waals surface area (Å²) in [6.07, 6.45) is 5.97. The lowest BCUT2D eigenvalue weighted by molar-refractivity contribution is 0.264. The van der Waals surface area contributed by atoms with Gasteiger partial charge in [-0.15, -0.1) is 24.0 Å². The second-order valence-electron chi connectivity index (χ2n) is 7.01. The van der Waals surface area contributed by atoms with Gasteiger partial charge in [0.1, 0.15) is 5.76 Å². The van der Waals surface area contributed by atoms with Crippen LogP contribution in [0, 0.1) is 0 Å². The lowest BCUT2D eigenvalue weighted by atomic mass is 9.95. The second kappa shape index (κ2) is 12.8. The van der Waals surface area contributed by atoms with E-state index in [1.54, 1.807) is 6.26 Å². The van der Waals surface area contributed by atoms with Crippen LogP contribution in [-0.4, -0.2) is 59.3 Å². The molecule has 0 amide bonds. The van der Waals surface area contributed by atoms with Crippen LogP contribution in [0.3, 0.4) is 0 Å². The smallest absolute Gasteiger partial charge is 0.191 e. The minimum absolute atomic E-state index is 0. The average Bonchev–Trinajstić information content (AvgIpc) is 3.15. The maximum Gasteiger partial charge on any atom is 0.191 e. The van der Waals surface area contributed by atoms with Crippen LogP contribution >= 0.6 is 24.0 Å². The molecule has 8 heteroatoms. The molecule has 27 heavy (non-hydrogen) atoms. The fraction of sp³-hybridized carbons (Fsp3) is 0.737. The molecule has 4 atom stereocenters. The van der Waals surface area contributed by atoms with Crippen LogP contribution in [0.2, 0.25) is 0 Å². The van der Waals surface area contributed by atoms with Crippen molar-refractivity contribution < 1.29 is 8.63 Å². The highest BCUT2D eigenvalue weighted by Gasteiger charge is 2.26. The molecule has 1 aromatic heterocycles. The molecule has 4 unspecified atom stereocenters. The highest BCUT2D eigenvalue weighted by molar-refractivity contribution is 14.0. The molecule has 156 valence electrons. The number of nitrogens with zero attached hydrogens (tertiary/aromatic N) is 2. The molecule has 1 aliphatic rings. The molecule has 1 aromatic rings. The summed E-state index contributed by atoms with van der Waals surface area (Å²) >= 11 is 0. The highest BCUT2D eigenvalue weighted by atomic mass is 127. The van der Waals surface area contributed by atoms with Crippen molar-refractivity contribution in [1.29, 1.82) is 0 Å². The molecule has 0 bridgehead atoms. The van der Waals surface area contributed by atoms with Crippen LogP contribution in [0.1, 0.15) is 51.3 Å². The van der Waals surface area contributed by atoms with E-state index in [9.17, 15) is 4.21 Å². The number of aliphatic imine (C=N–C) groups is 1. The first kappa shape index (κ1) is 24.4. The molecule has 1 saturated carbocycles. The summed E-state index contributed by atoms with van der Waals surface area (Å²) in [6.45, 7) is 5.51. The van der Waals surface area contributed by atoms with Gasteiger partial charge in [0.25, 0.3) is 0 Å².